The predicted molar refractivity (Wildman–Crippen MR) is 102 cm³/mol. The average Bonchev–Trinajstić information content (AvgIpc) is 3.12. The van der Waals surface area contributed by atoms with E-state index in [-0.39, 0.29) is 12.1 Å². The molecule has 3 heterocycles. The van der Waals surface area contributed by atoms with Crippen molar-refractivity contribution in [2.45, 2.75) is 38.8 Å². The number of halogens is 1. The van der Waals surface area contributed by atoms with Crippen LogP contribution in [-0.2, 0) is 11.2 Å². The van der Waals surface area contributed by atoms with Gasteiger partial charge in [0.15, 0.2) is 5.96 Å². The van der Waals surface area contributed by atoms with Crippen molar-refractivity contribution in [3.63, 3.8) is 0 Å². The second-order valence-electron chi connectivity index (χ2n) is 7.32. The lowest BCUT2D eigenvalue weighted by Crippen LogP contribution is -2.57. The minimum atomic E-state index is -0.461. The zero-order valence-corrected chi connectivity index (χ0v) is 16.5. The van der Waals surface area contributed by atoms with Crippen molar-refractivity contribution >= 4 is 35.0 Å². The molecule has 0 radical (unpaired) electrons. The zero-order chi connectivity index (χ0) is 18.0. The third kappa shape index (κ3) is 4.79. The van der Waals surface area contributed by atoms with Gasteiger partial charge in [0.2, 0.25) is 0 Å². The molecule has 1 fully saturated rings. The summed E-state index contributed by atoms with van der Waals surface area (Å²) < 4.78 is 6.30. The number of aliphatic imine (C=N–C) groups is 1. The fourth-order valence-corrected chi connectivity index (χ4v) is 4.09. The summed E-state index contributed by atoms with van der Waals surface area (Å²) in [5.41, 5.74) is -0.461. The van der Waals surface area contributed by atoms with Crippen LogP contribution in [0.4, 0.5) is 4.79 Å². The van der Waals surface area contributed by atoms with Crippen LogP contribution in [0.3, 0.4) is 0 Å². The Morgan fingerprint density at radius 3 is 2.92 bits per heavy atom. The molecule has 1 N–H and O–H groups in total. The number of thiophene rings is 1. The SMILES string of the molecule is CC(C)(C)OC(=O)N1CCN2C(NCCc3ccc(Cl)s3)=NCC2C1. The summed E-state index contributed by atoms with van der Waals surface area (Å²) in [6.45, 7) is 9.31. The van der Waals surface area contributed by atoms with Crippen LogP contribution in [0.15, 0.2) is 17.1 Å². The Kier molecular flexibility index (Phi) is 5.43. The summed E-state index contributed by atoms with van der Waals surface area (Å²) in [4.78, 5) is 22.2. The molecule has 1 atom stereocenters. The van der Waals surface area contributed by atoms with Crippen molar-refractivity contribution in [3.8, 4) is 0 Å². The van der Waals surface area contributed by atoms with E-state index in [2.05, 4.69) is 21.3 Å². The Labute approximate surface area is 157 Å². The molecule has 1 aromatic rings. The number of guanidine groups is 1. The van der Waals surface area contributed by atoms with Gasteiger partial charge < -0.3 is 19.9 Å². The minimum Gasteiger partial charge on any atom is -0.444 e. The molecule has 0 saturated carbocycles. The van der Waals surface area contributed by atoms with Gasteiger partial charge in [0, 0.05) is 31.1 Å². The standard InChI is InChI=1S/C17H25ClN4O2S/c1-17(2,3)24-16(23)21-8-9-22-12(11-21)10-20-15(22)19-7-6-13-4-5-14(18)25-13/h4-5,12H,6-11H2,1-3H3,(H,19,20). The van der Waals surface area contributed by atoms with E-state index in [9.17, 15) is 4.79 Å². The number of fused-ring (bicyclic) bond motifs is 1. The molecule has 0 spiro atoms. The molecule has 25 heavy (non-hydrogen) atoms. The summed E-state index contributed by atoms with van der Waals surface area (Å²) in [6.07, 6.45) is 0.696. The molecule has 0 aromatic carbocycles. The number of hydrogen-bond donors (Lipinski definition) is 1. The van der Waals surface area contributed by atoms with E-state index >= 15 is 0 Å². The van der Waals surface area contributed by atoms with Crippen molar-refractivity contribution in [2.75, 3.05) is 32.7 Å². The first-order valence-electron chi connectivity index (χ1n) is 8.59. The maximum atomic E-state index is 12.2. The molecule has 2 aliphatic heterocycles. The molecule has 1 amide bonds. The minimum absolute atomic E-state index is 0.233. The Morgan fingerprint density at radius 2 is 2.24 bits per heavy atom. The van der Waals surface area contributed by atoms with Crippen molar-refractivity contribution in [1.82, 2.24) is 15.1 Å². The molecule has 138 valence electrons. The van der Waals surface area contributed by atoms with Crippen LogP contribution in [0.2, 0.25) is 4.34 Å². The highest BCUT2D eigenvalue weighted by atomic mass is 35.5. The second-order valence-corrected chi connectivity index (χ2v) is 9.12. The smallest absolute Gasteiger partial charge is 0.410 e. The molecular weight excluding hydrogens is 360 g/mol. The number of nitrogens with one attached hydrogen (secondary N) is 1. The van der Waals surface area contributed by atoms with E-state index in [4.69, 9.17) is 16.3 Å². The van der Waals surface area contributed by atoms with Crippen LogP contribution in [0.5, 0.6) is 0 Å². The molecule has 1 saturated heterocycles. The number of rotatable bonds is 3. The molecule has 1 unspecified atom stereocenters. The average molecular weight is 385 g/mol. The highest BCUT2D eigenvalue weighted by Crippen LogP contribution is 2.22. The van der Waals surface area contributed by atoms with Crippen molar-refractivity contribution in [1.29, 1.82) is 0 Å². The number of nitrogens with zero attached hydrogens (tertiary/aromatic N) is 3. The van der Waals surface area contributed by atoms with Gasteiger partial charge in [-0.1, -0.05) is 11.6 Å². The van der Waals surface area contributed by atoms with Crippen LogP contribution in [-0.4, -0.2) is 66.2 Å². The number of hydrogen-bond acceptors (Lipinski definition) is 6. The zero-order valence-electron chi connectivity index (χ0n) is 14.9. The third-order valence-electron chi connectivity index (χ3n) is 4.14. The first kappa shape index (κ1) is 18.3. The molecule has 3 rings (SSSR count). The first-order chi connectivity index (χ1) is 11.8. The quantitative estimate of drug-likeness (QED) is 0.870. The Morgan fingerprint density at radius 1 is 1.44 bits per heavy atom. The lowest BCUT2D eigenvalue weighted by atomic mass is 10.2. The number of piperazine rings is 1. The van der Waals surface area contributed by atoms with E-state index in [0.717, 1.165) is 29.8 Å². The van der Waals surface area contributed by atoms with Gasteiger partial charge in [-0.3, -0.25) is 4.99 Å². The lowest BCUT2D eigenvalue weighted by molar-refractivity contribution is 0.0137. The molecule has 8 heteroatoms. The number of amides is 1. The van der Waals surface area contributed by atoms with Gasteiger partial charge in [0.1, 0.15) is 5.60 Å². The fourth-order valence-electron chi connectivity index (χ4n) is 3.01. The summed E-state index contributed by atoms with van der Waals surface area (Å²) >= 11 is 7.58. The lowest BCUT2D eigenvalue weighted by Gasteiger charge is -2.39. The van der Waals surface area contributed by atoms with E-state index < -0.39 is 5.60 Å². The summed E-state index contributed by atoms with van der Waals surface area (Å²) in [7, 11) is 0. The number of ether oxygens (including phenoxy) is 1. The van der Waals surface area contributed by atoms with E-state index in [1.807, 2.05) is 26.8 Å². The van der Waals surface area contributed by atoms with Crippen LogP contribution >= 0.6 is 22.9 Å². The van der Waals surface area contributed by atoms with E-state index in [1.54, 1.807) is 16.2 Å². The van der Waals surface area contributed by atoms with Gasteiger partial charge in [-0.15, -0.1) is 11.3 Å². The number of carbonyl (C=O) groups excluding carboxylic acids is 1. The van der Waals surface area contributed by atoms with Crippen LogP contribution in [0, 0.1) is 0 Å². The number of carbonyl (C=O) groups is 1. The van der Waals surface area contributed by atoms with Gasteiger partial charge in [0.25, 0.3) is 0 Å². The largest absolute Gasteiger partial charge is 0.444 e. The van der Waals surface area contributed by atoms with Gasteiger partial charge in [-0.2, -0.15) is 0 Å². The molecule has 6 nitrogen and oxygen atoms in total. The maximum Gasteiger partial charge on any atom is 0.410 e. The Hall–Kier alpha value is -1.47. The summed E-state index contributed by atoms with van der Waals surface area (Å²) in [5, 5.41) is 3.43. The third-order valence-corrected chi connectivity index (χ3v) is 5.43. The van der Waals surface area contributed by atoms with Crippen LogP contribution in [0.25, 0.3) is 0 Å². The fraction of sp³-hybridized carbons (Fsp3) is 0.647. The van der Waals surface area contributed by atoms with Gasteiger partial charge in [0.05, 0.1) is 16.9 Å². The van der Waals surface area contributed by atoms with Gasteiger partial charge in [-0.25, -0.2) is 4.79 Å². The molecular formula is C17H25ClN4O2S. The molecule has 2 aliphatic rings. The maximum absolute atomic E-state index is 12.2. The van der Waals surface area contributed by atoms with E-state index in [1.165, 1.54) is 4.88 Å². The molecule has 1 aromatic heterocycles. The second kappa shape index (κ2) is 7.41. The molecule has 0 aliphatic carbocycles. The van der Waals surface area contributed by atoms with Crippen molar-refractivity contribution in [3.05, 3.63) is 21.3 Å². The van der Waals surface area contributed by atoms with E-state index in [0.29, 0.717) is 19.6 Å². The first-order valence-corrected chi connectivity index (χ1v) is 9.78. The monoisotopic (exact) mass is 384 g/mol. The summed E-state index contributed by atoms with van der Waals surface area (Å²) in [5.74, 6) is 0.941. The van der Waals surface area contributed by atoms with Gasteiger partial charge >= 0.3 is 6.09 Å². The predicted octanol–water partition coefficient (Wildman–Crippen LogP) is 2.82. The van der Waals surface area contributed by atoms with Crippen molar-refractivity contribution in [2.24, 2.45) is 4.99 Å². The normalized spacial score (nSPS) is 20.3. The topological polar surface area (TPSA) is 57.2 Å². The highest BCUT2D eigenvalue weighted by Gasteiger charge is 2.36. The Bertz CT molecular complexity index is 655. The molecule has 0 bridgehead atoms. The Balaban J connectivity index is 1.46. The van der Waals surface area contributed by atoms with Crippen LogP contribution in [0.1, 0.15) is 25.6 Å². The van der Waals surface area contributed by atoms with Crippen molar-refractivity contribution < 1.29 is 9.53 Å². The highest BCUT2D eigenvalue weighted by molar-refractivity contribution is 7.16. The summed E-state index contributed by atoms with van der Waals surface area (Å²) in [6, 6.07) is 4.23. The van der Waals surface area contributed by atoms with Crippen LogP contribution < -0.4 is 5.32 Å². The van der Waals surface area contributed by atoms with Gasteiger partial charge in [-0.05, 0) is 39.3 Å².